The molecule has 28 heavy (non-hydrogen) atoms. The van der Waals surface area contributed by atoms with Crippen LogP contribution in [0, 0.1) is 0 Å². The fourth-order valence-electron chi connectivity index (χ4n) is 2.88. The first kappa shape index (κ1) is 20.6. The number of thioether (sulfide) groups is 1. The predicted molar refractivity (Wildman–Crippen MR) is 104 cm³/mol. The Labute approximate surface area is 167 Å². The van der Waals surface area contributed by atoms with Crippen molar-refractivity contribution in [3.8, 4) is 16.9 Å². The summed E-state index contributed by atoms with van der Waals surface area (Å²) < 4.78 is 45.2. The van der Waals surface area contributed by atoms with Crippen LogP contribution in [0.1, 0.15) is 5.56 Å². The Balaban J connectivity index is 2.45. The van der Waals surface area contributed by atoms with Crippen LogP contribution in [0.15, 0.2) is 46.1 Å². The largest absolute Gasteiger partial charge is 0.496 e. The highest BCUT2D eigenvalue weighted by Gasteiger charge is 2.31. The number of hydrogen-bond donors (Lipinski definition) is 2. The molecule has 0 aliphatic heterocycles. The lowest BCUT2D eigenvalue weighted by Crippen LogP contribution is -2.13. The summed E-state index contributed by atoms with van der Waals surface area (Å²) in [7, 11) is 1.42. The topological polar surface area (TPSA) is 62.3 Å². The number of H-pyrrole nitrogens is 1. The minimum Gasteiger partial charge on any atom is -0.496 e. The number of pyridine rings is 1. The van der Waals surface area contributed by atoms with Gasteiger partial charge in [-0.15, -0.1) is 11.8 Å². The zero-order valence-corrected chi connectivity index (χ0v) is 16.1. The lowest BCUT2D eigenvalue weighted by atomic mass is 9.98. The Bertz CT molecular complexity index is 1080. The van der Waals surface area contributed by atoms with Crippen molar-refractivity contribution in [1.29, 1.82) is 0 Å². The van der Waals surface area contributed by atoms with Gasteiger partial charge in [0.05, 0.1) is 24.2 Å². The standard InChI is InChI=1S/C19H15ClF3NO3S/c1-27-15-5-3-11(20)9-13(15)16-12-8-10(19(21,22)23)2-4-14(12)24-18(26)17(16)28-7-6-25/h2-5,8-9,25H,6-7H2,1H3,(H,24,26). The molecule has 0 unspecified atom stereocenters. The summed E-state index contributed by atoms with van der Waals surface area (Å²) in [6.07, 6.45) is -4.54. The first-order chi connectivity index (χ1) is 13.3. The maximum absolute atomic E-state index is 13.3. The number of nitrogens with one attached hydrogen (secondary N) is 1. The summed E-state index contributed by atoms with van der Waals surface area (Å²) in [6.45, 7) is -0.198. The van der Waals surface area contributed by atoms with Crippen molar-refractivity contribution in [3.63, 3.8) is 0 Å². The molecule has 2 aromatic carbocycles. The zero-order chi connectivity index (χ0) is 20.5. The molecule has 0 radical (unpaired) electrons. The highest BCUT2D eigenvalue weighted by atomic mass is 35.5. The second kappa shape index (κ2) is 8.06. The SMILES string of the molecule is COc1ccc(Cl)cc1-c1c(SCCO)c(=O)[nH]c2ccc(C(F)(F)F)cc12. The van der Waals surface area contributed by atoms with Crippen LogP contribution in [0.25, 0.3) is 22.0 Å². The summed E-state index contributed by atoms with van der Waals surface area (Å²) in [6, 6.07) is 7.83. The number of ether oxygens (including phenoxy) is 1. The monoisotopic (exact) mass is 429 g/mol. The average molecular weight is 430 g/mol. The van der Waals surface area contributed by atoms with Gasteiger partial charge in [-0.3, -0.25) is 4.79 Å². The Morgan fingerprint density at radius 3 is 2.61 bits per heavy atom. The van der Waals surface area contributed by atoms with Crippen molar-refractivity contribution in [2.45, 2.75) is 11.1 Å². The molecular formula is C19H15ClF3NO3S. The molecule has 0 aliphatic rings. The molecule has 1 aromatic heterocycles. The highest BCUT2D eigenvalue weighted by Crippen LogP contribution is 2.42. The summed E-state index contributed by atoms with van der Waals surface area (Å²) in [5, 5.41) is 9.71. The van der Waals surface area contributed by atoms with E-state index < -0.39 is 17.3 Å². The molecule has 3 aromatic rings. The molecule has 148 valence electrons. The Kier molecular flexibility index (Phi) is 5.92. The summed E-state index contributed by atoms with van der Waals surface area (Å²) in [5.74, 6) is 0.559. The number of aliphatic hydroxyl groups is 1. The maximum Gasteiger partial charge on any atom is 0.416 e. The van der Waals surface area contributed by atoms with Crippen molar-refractivity contribution < 1.29 is 23.0 Å². The smallest absolute Gasteiger partial charge is 0.416 e. The van der Waals surface area contributed by atoms with Crippen molar-refractivity contribution in [2.75, 3.05) is 19.5 Å². The molecule has 4 nitrogen and oxygen atoms in total. The van der Waals surface area contributed by atoms with Crippen LogP contribution >= 0.6 is 23.4 Å². The van der Waals surface area contributed by atoms with Crippen LogP contribution in [0.4, 0.5) is 13.2 Å². The Morgan fingerprint density at radius 1 is 1.21 bits per heavy atom. The van der Waals surface area contributed by atoms with E-state index in [1.54, 1.807) is 12.1 Å². The number of aromatic amines is 1. The lowest BCUT2D eigenvalue weighted by molar-refractivity contribution is -0.137. The summed E-state index contributed by atoms with van der Waals surface area (Å²) >= 11 is 7.16. The van der Waals surface area contributed by atoms with Crippen LogP contribution in [0.5, 0.6) is 5.75 Å². The number of alkyl halides is 3. The van der Waals surface area contributed by atoms with E-state index in [9.17, 15) is 18.0 Å². The number of aromatic nitrogens is 1. The molecule has 0 saturated carbocycles. The molecule has 9 heteroatoms. The van der Waals surface area contributed by atoms with Crippen LogP contribution < -0.4 is 10.3 Å². The van der Waals surface area contributed by atoms with E-state index in [1.807, 2.05) is 0 Å². The number of halogens is 4. The van der Waals surface area contributed by atoms with Crippen LogP contribution in [0.3, 0.4) is 0 Å². The third-order valence-electron chi connectivity index (χ3n) is 4.07. The van der Waals surface area contributed by atoms with Gasteiger partial charge in [-0.25, -0.2) is 0 Å². The molecule has 0 spiro atoms. The second-order valence-corrected chi connectivity index (χ2v) is 7.37. The third-order valence-corrected chi connectivity index (χ3v) is 5.37. The van der Waals surface area contributed by atoms with E-state index >= 15 is 0 Å². The lowest BCUT2D eigenvalue weighted by Gasteiger charge is -2.17. The predicted octanol–water partition coefficient (Wildman–Crippen LogP) is 4.96. The van der Waals surface area contributed by atoms with Gasteiger partial charge in [0.2, 0.25) is 0 Å². The van der Waals surface area contributed by atoms with Crippen molar-refractivity contribution in [1.82, 2.24) is 4.98 Å². The first-order valence-electron chi connectivity index (χ1n) is 8.11. The van der Waals surface area contributed by atoms with Crippen molar-refractivity contribution in [3.05, 3.63) is 57.3 Å². The van der Waals surface area contributed by atoms with E-state index in [0.29, 0.717) is 16.3 Å². The van der Waals surface area contributed by atoms with Crippen LogP contribution in [-0.2, 0) is 6.18 Å². The molecule has 0 bridgehead atoms. The van der Waals surface area contributed by atoms with Gasteiger partial charge >= 0.3 is 6.18 Å². The normalized spacial score (nSPS) is 11.8. The van der Waals surface area contributed by atoms with Gasteiger partial charge in [-0.2, -0.15) is 13.2 Å². The van der Waals surface area contributed by atoms with Gasteiger partial charge in [0.25, 0.3) is 5.56 Å². The fourth-order valence-corrected chi connectivity index (χ4v) is 3.89. The summed E-state index contributed by atoms with van der Waals surface area (Å²) in [5.41, 5.74) is -0.382. The first-order valence-corrected chi connectivity index (χ1v) is 9.47. The molecule has 0 aliphatic carbocycles. The molecular weight excluding hydrogens is 415 g/mol. The summed E-state index contributed by atoms with van der Waals surface area (Å²) in [4.78, 5) is 15.4. The van der Waals surface area contributed by atoms with E-state index in [1.165, 1.54) is 19.2 Å². The molecule has 0 amide bonds. The van der Waals surface area contributed by atoms with Crippen molar-refractivity contribution >= 4 is 34.3 Å². The molecule has 0 saturated heterocycles. The second-order valence-electron chi connectivity index (χ2n) is 5.83. The Hall–Kier alpha value is -2.16. The molecule has 3 rings (SSSR count). The minimum absolute atomic E-state index is 0.182. The third kappa shape index (κ3) is 3.99. The number of aliphatic hydroxyl groups excluding tert-OH is 1. The number of rotatable bonds is 5. The van der Waals surface area contributed by atoms with Gasteiger partial charge in [0, 0.05) is 32.8 Å². The van der Waals surface area contributed by atoms with Crippen LogP contribution in [0.2, 0.25) is 5.02 Å². The fraction of sp³-hybridized carbons (Fsp3) is 0.211. The average Bonchev–Trinajstić information content (AvgIpc) is 2.64. The molecule has 0 atom stereocenters. The van der Waals surface area contributed by atoms with Gasteiger partial charge in [-0.1, -0.05) is 11.6 Å². The number of benzene rings is 2. The zero-order valence-electron chi connectivity index (χ0n) is 14.6. The number of fused-ring (bicyclic) bond motifs is 1. The van der Waals surface area contributed by atoms with E-state index in [2.05, 4.69) is 4.98 Å². The van der Waals surface area contributed by atoms with Crippen LogP contribution in [-0.4, -0.2) is 29.6 Å². The van der Waals surface area contributed by atoms with E-state index in [4.69, 9.17) is 21.4 Å². The van der Waals surface area contributed by atoms with Gasteiger partial charge in [0.15, 0.2) is 0 Å². The molecule has 1 heterocycles. The minimum atomic E-state index is -4.54. The molecule has 0 fully saturated rings. The highest BCUT2D eigenvalue weighted by molar-refractivity contribution is 7.99. The maximum atomic E-state index is 13.3. The van der Waals surface area contributed by atoms with E-state index in [0.717, 1.165) is 23.9 Å². The van der Waals surface area contributed by atoms with Gasteiger partial charge < -0.3 is 14.8 Å². The quantitative estimate of drug-likeness (QED) is 0.563. The van der Waals surface area contributed by atoms with Crippen molar-refractivity contribution in [2.24, 2.45) is 0 Å². The van der Waals surface area contributed by atoms with Gasteiger partial charge in [0.1, 0.15) is 5.75 Å². The van der Waals surface area contributed by atoms with Gasteiger partial charge in [-0.05, 0) is 36.4 Å². The van der Waals surface area contributed by atoms with E-state index in [-0.39, 0.29) is 33.7 Å². The number of hydrogen-bond acceptors (Lipinski definition) is 4. The number of methoxy groups -OCH3 is 1. The molecule has 2 N–H and O–H groups in total. The Morgan fingerprint density at radius 2 is 1.96 bits per heavy atom.